The molecule has 0 aliphatic rings. The Morgan fingerprint density at radius 2 is 1.83 bits per heavy atom. The van der Waals surface area contributed by atoms with Crippen molar-refractivity contribution >= 4 is 12.1 Å². The van der Waals surface area contributed by atoms with Crippen LogP contribution in [0.5, 0.6) is 5.75 Å². The molecule has 2 aromatic carbocycles. The van der Waals surface area contributed by atoms with Crippen LogP contribution in [0.25, 0.3) is 16.9 Å². The van der Waals surface area contributed by atoms with E-state index in [1.54, 1.807) is 23.3 Å². The zero-order chi connectivity index (χ0) is 20.1. The first-order valence-electron chi connectivity index (χ1n) is 8.88. The average Bonchev–Trinajstić information content (AvgIpc) is 3.19. The number of hydrogen-bond donors (Lipinski definition) is 2. The van der Waals surface area contributed by atoms with Crippen LogP contribution in [0.4, 0.5) is 0 Å². The normalized spacial score (nSPS) is 10.9. The van der Waals surface area contributed by atoms with E-state index in [4.69, 9.17) is 0 Å². The summed E-state index contributed by atoms with van der Waals surface area (Å²) in [6, 6.07) is 19.4. The van der Waals surface area contributed by atoms with Gasteiger partial charge in [-0.1, -0.05) is 18.2 Å². The lowest BCUT2D eigenvalue weighted by molar-refractivity contribution is 0.0955. The lowest BCUT2D eigenvalue weighted by Gasteiger charge is -2.00. The number of phenolic OH excluding ortho intramolecular Hbond substituents is 1. The summed E-state index contributed by atoms with van der Waals surface area (Å²) in [4.78, 5) is 16.3. The molecule has 7 nitrogen and oxygen atoms in total. The summed E-state index contributed by atoms with van der Waals surface area (Å²) < 4.78 is 1.76. The fourth-order valence-electron chi connectivity index (χ4n) is 2.76. The van der Waals surface area contributed by atoms with Gasteiger partial charge in [-0.2, -0.15) is 10.2 Å². The van der Waals surface area contributed by atoms with Gasteiger partial charge in [-0.15, -0.1) is 0 Å². The van der Waals surface area contributed by atoms with Gasteiger partial charge in [0.15, 0.2) is 0 Å². The predicted molar refractivity (Wildman–Crippen MR) is 110 cm³/mol. The van der Waals surface area contributed by atoms with E-state index in [-0.39, 0.29) is 11.7 Å². The number of pyridine rings is 1. The van der Waals surface area contributed by atoms with Gasteiger partial charge in [-0.05, 0) is 48.5 Å². The highest BCUT2D eigenvalue weighted by atomic mass is 16.3. The van der Waals surface area contributed by atoms with Crippen molar-refractivity contribution in [3.63, 3.8) is 0 Å². The van der Waals surface area contributed by atoms with E-state index in [1.165, 1.54) is 24.3 Å². The smallest absolute Gasteiger partial charge is 0.271 e. The number of carbonyl (C=O) groups excluding carboxylic acids is 1. The van der Waals surface area contributed by atoms with Crippen LogP contribution in [-0.4, -0.2) is 32.0 Å². The van der Waals surface area contributed by atoms with Gasteiger partial charge in [0, 0.05) is 35.3 Å². The highest BCUT2D eigenvalue weighted by Crippen LogP contribution is 2.21. The minimum Gasteiger partial charge on any atom is -0.508 e. The van der Waals surface area contributed by atoms with Gasteiger partial charge in [-0.3, -0.25) is 9.78 Å². The Bertz CT molecular complexity index is 1140. The summed E-state index contributed by atoms with van der Waals surface area (Å²) in [5.74, 6) is -0.279. The Morgan fingerprint density at radius 3 is 2.55 bits per heavy atom. The molecule has 0 bridgehead atoms. The monoisotopic (exact) mass is 383 g/mol. The molecule has 0 unspecified atom stereocenters. The number of aromatic hydroxyl groups is 1. The van der Waals surface area contributed by atoms with E-state index in [0.717, 1.165) is 16.8 Å². The first kappa shape index (κ1) is 18.1. The van der Waals surface area contributed by atoms with E-state index in [2.05, 4.69) is 20.6 Å². The highest BCUT2D eigenvalue weighted by Gasteiger charge is 2.11. The fourth-order valence-corrected chi connectivity index (χ4v) is 2.76. The minimum atomic E-state index is -0.375. The number of hydrazone groups is 1. The maximum absolute atomic E-state index is 12.2. The molecule has 1 amide bonds. The lowest BCUT2D eigenvalue weighted by atomic mass is 10.1. The number of phenols is 1. The number of benzene rings is 2. The number of hydrogen-bond acceptors (Lipinski definition) is 5. The molecule has 0 aliphatic heterocycles. The van der Waals surface area contributed by atoms with Crippen LogP contribution in [0.1, 0.15) is 15.9 Å². The van der Waals surface area contributed by atoms with E-state index in [9.17, 15) is 9.90 Å². The molecule has 0 saturated carbocycles. The summed E-state index contributed by atoms with van der Waals surface area (Å²) >= 11 is 0. The number of para-hydroxylation sites is 1. The van der Waals surface area contributed by atoms with Crippen molar-refractivity contribution in [2.24, 2.45) is 5.10 Å². The average molecular weight is 383 g/mol. The number of carbonyl (C=O) groups is 1. The molecule has 2 aromatic heterocycles. The second-order valence-electron chi connectivity index (χ2n) is 6.20. The first-order valence-corrected chi connectivity index (χ1v) is 8.88. The molecule has 0 saturated heterocycles. The molecular formula is C22H17N5O2. The standard InChI is InChI=1S/C22H17N5O2/c28-20-10-8-16(9-11-20)22(29)25-24-14-18-15-27(19-6-2-1-3-7-19)26-21(18)17-5-4-12-23-13-17/h1-15,28H,(H,25,29)/b24-14-. The van der Waals surface area contributed by atoms with Crippen LogP contribution < -0.4 is 5.43 Å². The first-order chi connectivity index (χ1) is 14.2. The summed E-state index contributed by atoms with van der Waals surface area (Å²) in [6.45, 7) is 0. The Labute approximate surface area is 167 Å². The van der Waals surface area contributed by atoms with Crippen LogP contribution in [0, 0.1) is 0 Å². The highest BCUT2D eigenvalue weighted by molar-refractivity contribution is 5.95. The van der Waals surface area contributed by atoms with Crippen molar-refractivity contribution in [1.82, 2.24) is 20.2 Å². The van der Waals surface area contributed by atoms with Crippen molar-refractivity contribution < 1.29 is 9.90 Å². The third-order valence-corrected chi connectivity index (χ3v) is 4.20. The molecule has 0 fully saturated rings. The topological polar surface area (TPSA) is 92.4 Å². The molecule has 7 heteroatoms. The number of amides is 1. The summed E-state index contributed by atoms with van der Waals surface area (Å²) in [6.07, 6.45) is 6.81. The van der Waals surface area contributed by atoms with E-state index >= 15 is 0 Å². The number of nitrogens with one attached hydrogen (secondary N) is 1. The van der Waals surface area contributed by atoms with E-state index < -0.39 is 0 Å². The van der Waals surface area contributed by atoms with Crippen molar-refractivity contribution in [3.8, 4) is 22.7 Å². The second kappa shape index (κ2) is 8.18. The summed E-state index contributed by atoms with van der Waals surface area (Å²) in [7, 11) is 0. The van der Waals surface area contributed by atoms with Crippen LogP contribution in [0.15, 0.2) is 90.4 Å². The molecule has 142 valence electrons. The summed E-state index contributed by atoms with van der Waals surface area (Å²) in [5, 5.41) is 18.1. The molecule has 4 aromatic rings. The molecule has 2 N–H and O–H groups in total. The molecule has 4 rings (SSSR count). The number of rotatable bonds is 5. The molecule has 0 spiro atoms. The van der Waals surface area contributed by atoms with Crippen molar-refractivity contribution in [2.75, 3.05) is 0 Å². The number of aromatic nitrogens is 3. The fraction of sp³-hybridized carbons (Fsp3) is 0. The Morgan fingerprint density at radius 1 is 1.03 bits per heavy atom. The van der Waals surface area contributed by atoms with E-state index in [1.807, 2.05) is 48.7 Å². The van der Waals surface area contributed by atoms with Gasteiger partial charge < -0.3 is 5.11 Å². The van der Waals surface area contributed by atoms with Crippen molar-refractivity contribution in [3.05, 3.63) is 96.4 Å². The zero-order valence-corrected chi connectivity index (χ0v) is 15.3. The third-order valence-electron chi connectivity index (χ3n) is 4.20. The van der Waals surface area contributed by atoms with Gasteiger partial charge in [0.1, 0.15) is 11.4 Å². The van der Waals surface area contributed by atoms with Crippen molar-refractivity contribution in [2.45, 2.75) is 0 Å². The molecule has 0 radical (unpaired) electrons. The Balaban J connectivity index is 1.61. The Kier molecular flexibility index (Phi) is 5.11. The largest absolute Gasteiger partial charge is 0.508 e. The maximum atomic E-state index is 12.2. The number of nitrogens with zero attached hydrogens (tertiary/aromatic N) is 4. The van der Waals surface area contributed by atoms with Gasteiger partial charge in [0.25, 0.3) is 5.91 Å². The Hall–Kier alpha value is -4.26. The molecule has 29 heavy (non-hydrogen) atoms. The van der Waals surface area contributed by atoms with Gasteiger partial charge in [0.2, 0.25) is 0 Å². The third kappa shape index (κ3) is 4.19. The minimum absolute atomic E-state index is 0.0967. The zero-order valence-electron chi connectivity index (χ0n) is 15.3. The molecule has 0 atom stereocenters. The maximum Gasteiger partial charge on any atom is 0.271 e. The summed E-state index contributed by atoms with van der Waals surface area (Å²) in [5.41, 5.74) is 6.06. The van der Waals surface area contributed by atoms with Crippen LogP contribution in [0.2, 0.25) is 0 Å². The van der Waals surface area contributed by atoms with Crippen LogP contribution >= 0.6 is 0 Å². The molecule has 2 heterocycles. The van der Waals surface area contributed by atoms with Gasteiger partial charge in [-0.25, -0.2) is 10.1 Å². The second-order valence-corrected chi connectivity index (χ2v) is 6.20. The van der Waals surface area contributed by atoms with Gasteiger partial charge >= 0.3 is 0 Å². The van der Waals surface area contributed by atoms with Crippen LogP contribution in [-0.2, 0) is 0 Å². The molecule has 0 aliphatic carbocycles. The molecular weight excluding hydrogens is 366 g/mol. The predicted octanol–water partition coefficient (Wildman–Crippen LogP) is 3.40. The van der Waals surface area contributed by atoms with Gasteiger partial charge in [0.05, 0.1) is 11.9 Å². The SMILES string of the molecule is O=C(N/N=C\c1cn(-c2ccccc2)nc1-c1cccnc1)c1ccc(O)cc1. The quantitative estimate of drug-likeness (QED) is 0.408. The van der Waals surface area contributed by atoms with Crippen LogP contribution in [0.3, 0.4) is 0 Å². The van der Waals surface area contributed by atoms with E-state index in [0.29, 0.717) is 11.3 Å². The van der Waals surface area contributed by atoms with Crippen molar-refractivity contribution in [1.29, 1.82) is 0 Å². The lowest BCUT2D eigenvalue weighted by Crippen LogP contribution is -2.17.